The number of aromatic nitrogens is 2. The first-order chi connectivity index (χ1) is 16.1. The van der Waals surface area contributed by atoms with Gasteiger partial charge < -0.3 is 4.90 Å². The van der Waals surface area contributed by atoms with Gasteiger partial charge in [0.25, 0.3) is 11.5 Å². The second-order valence-electron chi connectivity index (χ2n) is 8.37. The smallest absolute Gasteiger partial charge is 0.266 e. The Hall–Kier alpha value is -3.38. The molecule has 0 bridgehead atoms. The van der Waals surface area contributed by atoms with Crippen LogP contribution in [0.15, 0.2) is 82.7 Å². The molecule has 0 aliphatic carbocycles. The zero-order valence-electron chi connectivity index (χ0n) is 18.5. The Labute approximate surface area is 197 Å². The van der Waals surface area contributed by atoms with Crippen molar-refractivity contribution in [3.63, 3.8) is 0 Å². The number of para-hydroxylation sites is 1. The van der Waals surface area contributed by atoms with Crippen LogP contribution in [0.3, 0.4) is 0 Å². The van der Waals surface area contributed by atoms with E-state index in [1.807, 2.05) is 84.6 Å². The summed E-state index contributed by atoms with van der Waals surface area (Å²) >= 11 is 1.52. The van der Waals surface area contributed by atoms with E-state index in [2.05, 4.69) is 0 Å². The molecule has 1 aromatic heterocycles. The van der Waals surface area contributed by atoms with Gasteiger partial charge in [-0.15, -0.1) is 0 Å². The average Bonchev–Trinajstić information content (AvgIpc) is 3.39. The van der Waals surface area contributed by atoms with E-state index in [0.29, 0.717) is 21.8 Å². The van der Waals surface area contributed by atoms with Crippen LogP contribution < -0.4 is 5.56 Å². The number of nitrogens with zero attached hydrogens (tertiary/aromatic N) is 3. The maximum Gasteiger partial charge on any atom is 0.266 e. The number of aryl methyl sites for hydroxylation is 1. The fourth-order valence-electron chi connectivity index (χ4n) is 4.12. The van der Waals surface area contributed by atoms with Crippen molar-refractivity contribution in [2.24, 2.45) is 0 Å². The molecule has 3 aromatic carbocycles. The summed E-state index contributed by atoms with van der Waals surface area (Å²) < 4.78 is 1.69. The van der Waals surface area contributed by atoms with Gasteiger partial charge in [-0.2, -0.15) is 0 Å². The SMILES string of the molecule is Cc1ccc(-n2c(SCc3ccc(C(=O)N4CCCC4)cc3)nc3ccccc3c2=O)cc1. The quantitative estimate of drug-likeness (QED) is 0.306. The first-order valence-corrected chi connectivity index (χ1v) is 12.2. The molecule has 4 aromatic rings. The van der Waals surface area contributed by atoms with Gasteiger partial charge in [0.1, 0.15) is 0 Å². The van der Waals surface area contributed by atoms with Gasteiger partial charge in [-0.1, -0.05) is 53.7 Å². The summed E-state index contributed by atoms with van der Waals surface area (Å²) in [5.41, 5.74) is 4.37. The Morgan fingerprint density at radius 3 is 2.36 bits per heavy atom. The van der Waals surface area contributed by atoms with E-state index in [-0.39, 0.29) is 11.5 Å². The highest BCUT2D eigenvalue weighted by Gasteiger charge is 2.19. The lowest BCUT2D eigenvalue weighted by atomic mass is 10.1. The summed E-state index contributed by atoms with van der Waals surface area (Å²) in [6, 6.07) is 23.2. The minimum atomic E-state index is -0.0708. The molecule has 6 heteroatoms. The Bertz CT molecular complexity index is 1360. The van der Waals surface area contributed by atoms with Crippen LogP contribution in [0, 0.1) is 6.92 Å². The molecule has 0 atom stereocenters. The second-order valence-corrected chi connectivity index (χ2v) is 9.32. The number of fused-ring (bicyclic) bond motifs is 1. The average molecular weight is 456 g/mol. The standard InChI is InChI=1S/C27H25N3O2S/c1-19-8-14-22(15-9-19)30-26(32)23-6-2-3-7-24(23)28-27(30)33-18-20-10-12-21(13-11-20)25(31)29-16-4-5-17-29/h2-3,6-15H,4-5,16-18H2,1H3. The van der Waals surface area contributed by atoms with E-state index >= 15 is 0 Å². The normalized spacial score (nSPS) is 13.5. The monoisotopic (exact) mass is 455 g/mol. The highest BCUT2D eigenvalue weighted by molar-refractivity contribution is 7.98. The van der Waals surface area contributed by atoms with Gasteiger partial charge in [0.2, 0.25) is 0 Å². The number of amides is 1. The third-order valence-corrected chi connectivity index (χ3v) is 7.01. The summed E-state index contributed by atoms with van der Waals surface area (Å²) in [5.74, 6) is 0.755. The maximum absolute atomic E-state index is 13.4. The molecule has 0 unspecified atom stereocenters. The van der Waals surface area contributed by atoms with E-state index in [1.54, 1.807) is 4.57 Å². The maximum atomic E-state index is 13.4. The Morgan fingerprint density at radius 1 is 0.939 bits per heavy atom. The Kier molecular flexibility index (Phi) is 6.01. The van der Waals surface area contributed by atoms with Crippen LogP contribution in [0.5, 0.6) is 0 Å². The minimum absolute atomic E-state index is 0.0708. The molecule has 1 fully saturated rings. The van der Waals surface area contributed by atoms with Crippen LogP contribution in [0.25, 0.3) is 16.6 Å². The van der Waals surface area contributed by atoms with Crippen molar-refractivity contribution < 1.29 is 4.79 Å². The molecule has 0 radical (unpaired) electrons. The molecule has 1 aliphatic rings. The molecule has 5 rings (SSSR count). The van der Waals surface area contributed by atoms with Gasteiger partial charge in [0.05, 0.1) is 16.6 Å². The van der Waals surface area contributed by atoms with Gasteiger partial charge in [-0.25, -0.2) is 4.98 Å². The number of hydrogen-bond acceptors (Lipinski definition) is 4. The molecule has 1 amide bonds. The van der Waals surface area contributed by atoms with Crippen LogP contribution in [-0.2, 0) is 5.75 Å². The van der Waals surface area contributed by atoms with E-state index in [1.165, 1.54) is 11.8 Å². The van der Waals surface area contributed by atoms with Crippen molar-refractivity contribution in [3.8, 4) is 5.69 Å². The number of carbonyl (C=O) groups is 1. The highest BCUT2D eigenvalue weighted by Crippen LogP contribution is 2.25. The lowest BCUT2D eigenvalue weighted by Gasteiger charge is -2.15. The first kappa shape index (κ1) is 21.5. The minimum Gasteiger partial charge on any atom is -0.339 e. The number of likely N-dealkylation sites (tertiary alicyclic amines) is 1. The molecule has 166 valence electrons. The van der Waals surface area contributed by atoms with Gasteiger partial charge in [0, 0.05) is 24.4 Å². The van der Waals surface area contributed by atoms with E-state index in [4.69, 9.17) is 4.98 Å². The molecular formula is C27H25N3O2S. The van der Waals surface area contributed by atoms with Crippen LogP contribution in [-0.4, -0.2) is 33.4 Å². The van der Waals surface area contributed by atoms with Crippen molar-refractivity contribution in [2.45, 2.75) is 30.7 Å². The number of rotatable bonds is 5. The summed E-state index contributed by atoms with van der Waals surface area (Å²) in [6.45, 7) is 3.72. The molecule has 1 aliphatic heterocycles. The van der Waals surface area contributed by atoms with Gasteiger partial charge in [0.15, 0.2) is 5.16 Å². The summed E-state index contributed by atoms with van der Waals surface area (Å²) in [5, 5.41) is 1.26. The van der Waals surface area contributed by atoms with Crippen molar-refractivity contribution in [1.29, 1.82) is 0 Å². The largest absolute Gasteiger partial charge is 0.339 e. The number of carbonyl (C=O) groups excluding carboxylic acids is 1. The Morgan fingerprint density at radius 2 is 1.64 bits per heavy atom. The van der Waals surface area contributed by atoms with Crippen molar-refractivity contribution in [3.05, 3.63) is 99.8 Å². The summed E-state index contributed by atoms with van der Waals surface area (Å²) in [4.78, 5) is 32.7. The fourth-order valence-corrected chi connectivity index (χ4v) is 5.09. The zero-order chi connectivity index (χ0) is 22.8. The van der Waals surface area contributed by atoms with Crippen LogP contribution in [0.2, 0.25) is 0 Å². The lowest BCUT2D eigenvalue weighted by Crippen LogP contribution is -2.27. The summed E-state index contributed by atoms with van der Waals surface area (Å²) in [7, 11) is 0. The number of benzene rings is 3. The third-order valence-electron chi connectivity index (χ3n) is 6.00. The molecule has 0 spiro atoms. The predicted molar refractivity (Wildman–Crippen MR) is 133 cm³/mol. The predicted octanol–water partition coefficient (Wildman–Crippen LogP) is 5.22. The molecule has 1 saturated heterocycles. The molecule has 2 heterocycles. The van der Waals surface area contributed by atoms with Crippen LogP contribution in [0.4, 0.5) is 0 Å². The number of thioether (sulfide) groups is 1. The molecular weight excluding hydrogens is 430 g/mol. The Balaban J connectivity index is 1.43. The van der Waals surface area contributed by atoms with Crippen LogP contribution in [0.1, 0.15) is 34.3 Å². The summed E-state index contributed by atoms with van der Waals surface area (Å²) in [6.07, 6.45) is 2.17. The zero-order valence-corrected chi connectivity index (χ0v) is 19.3. The lowest BCUT2D eigenvalue weighted by molar-refractivity contribution is 0.0793. The molecule has 5 nitrogen and oxygen atoms in total. The van der Waals surface area contributed by atoms with Gasteiger partial charge in [-0.05, 0) is 61.7 Å². The van der Waals surface area contributed by atoms with Crippen molar-refractivity contribution >= 4 is 28.6 Å². The first-order valence-electron chi connectivity index (χ1n) is 11.2. The molecule has 33 heavy (non-hydrogen) atoms. The third kappa shape index (κ3) is 4.44. The number of hydrogen-bond donors (Lipinski definition) is 0. The molecule has 0 saturated carbocycles. The highest BCUT2D eigenvalue weighted by atomic mass is 32.2. The topological polar surface area (TPSA) is 55.2 Å². The van der Waals surface area contributed by atoms with E-state index in [0.717, 1.165) is 48.3 Å². The van der Waals surface area contributed by atoms with E-state index in [9.17, 15) is 9.59 Å². The van der Waals surface area contributed by atoms with Gasteiger partial charge >= 0.3 is 0 Å². The van der Waals surface area contributed by atoms with Crippen LogP contribution >= 0.6 is 11.8 Å². The van der Waals surface area contributed by atoms with Crippen molar-refractivity contribution in [1.82, 2.24) is 14.5 Å². The van der Waals surface area contributed by atoms with Gasteiger partial charge in [-0.3, -0.25) is 14.2 Å². The van der Waals surface area contributed by atoms with E-state index < -0.39 is 0 Å². The van der Waals surface area contributed by atoms with Crippen molar-refractivity contribution in [2.75, 3.05) is 13.1 Å². The fraction of sp³-hybridized carbons (Fsp3) is 0.222. The molecule has 0 N–H and O–H groups in total. The second kappa shape index (κ2) is 9.24.